The fourth-order valence-electron chi connectivity index (χ4n) is 3.38. The third-order valence-corrected chi connectivity index (χ3v) is 5.60. The number of benzene rings is 1. The number of rotatable bonds is 4. The van der Waals surface area contributed by atoms with Crippen LogP contribution in [0.1, 0.15) is 30.6 Å². The first-order chi connectivity index (χ1) is 13.9. The van der Waals surface area contributed by atoms with E-state index in [4.69, 9.17) is 33.7 Å². The van der Waals surface area contributed by atoms with Gasteiger partial charge in [0.15, 0.2) is 11.6 Å². The predicted molar refractivity (Wildman–Crippen MR) is 114 cm³/mol. The zero-order valence-corrected chi connectivity index (χ0v) is 17.2. The van der Waals surface area contributed by atoms with E-state index in [1.54, 1.807) is 25.4 Å². The molecule has 0 amide bonds. The molecule has 2 aromatic heterocycles. The van der Waals surface area contributed by atoms with Gasteiger partial charge in [-0.05, 0) is 49.6 Å². The Hall–Kier alpha value is -2.57. The molecule has 0 spiro atoms. The molecule has 0 saturated heterocycles. The van der Waals surface area contributed by atoms with Gasteiger partial charge >= 0.3 is 0 Å². The van der Waals surface area contributed by atoms with Crippen LogP contribution in [0.5, 0.6) is 5.75 Å². The number of ether oxygens (including phenoxy) is 1. The predicted octanol–water partition coefficient (Wildman–Crippen LogP) is 5.67. The summed E-state index contributed by atoms with van der Waals surface area (Å²) >= 11 is 12.3. The normalized spacial score (nSPS) is 14.1. The van der Waals surface area contributed by atoms with Gasteiger partial charge in [-0.3, -0.25) is 0 Å². The van der Waals surface area contributed by atoms with Crippen LogP contribution in [0.4, 0.5) is 16.0 Å². The first-order valence-electron chi connectivity index (χ1n) is 9.22. The molecule has 29 heavy (non-hydrogen) atoms. The lowest BCUT2D eigenvalue weighted by molar-refractivity contribution is 0.227. The molecule has 3 aromatic rings. The maximum Gasteiger partial charge on any atom is 0.166 e. The fraction of sp³-hybridized carbons (Fsp3) is 0.238. The zero-order valence-electron chi connectivity index (χ0n) is 15.7. The minimum Gasteiger partial charge on any atom is -0.482 e. The Bertz CT molecular complexity index is 1080. The van der Waals surface area contributed by atoms with E-state index in [9.17, 15) is 4.39 Å². The van der Waals surface area contributed by atoms with E-state index in [0.717, 1.165) is 36.3 Å². The van der Waals surface area contributed by atoms with Crippen molar-refractivity contribution in [2.24, 2.45) is 0 Å². The summed E-state index contributed by atoms with van der Waals surface area (Å²) in [4.78, 5) is 8.75. The molecule has 0 fully saturated rings. The number of hydrogen-bond donors (Lipinski definition) is 2. The molecule has 0 bridgehead atoms. The smallest absolute Gasteiger partial charge is 0.166 e. The van der Waals surface area contributed by atoms with Crippen molar-refractivity contribution in [3.05, 3.63) is 63.6 Å². The Morgan fingerprint density at radius 3 is 2.76 bits per heavy atom. The number of nitrogens with zero attached hydrogens (tertiary/aromatic N) is 2. The van der Waals surface area contributed by atoms with E-state index in [0.29, 0.717) is 16.3 Å². The number of nitrogens with two attached hydrogens (primary N) is 1. The second kappa shape index (κ2) is 8.05. The van der Waals surface area contributed by atoms with E-state index < -0.39 is 11.9 Å². The third-order valence-electron chi connectivity index (χ3n) is 4.89. The molecular weight excluding hydrogens is 414 g/mol. The maximum absolute atomic E-state index is 13.9. The highest BCUT2D eigenvalue weighted by Crippen LogP contribution is 2.37. The maximum atomic E-state index is 13.9. The fourth-order valence-corrected chi connectivity index (χ4v) is 4.05. The minimum absolute atomic E-state index is 0.0703. The summed E-state index contributed by atoms with van der Waals surface area (Å²) in [6.45, 7) is 2.66. The second-order valence-electron chi connectivity index (χ2n) is 6.89. The summed E-state index contributed by atoms with van der Waals surface area (Å²) in [5.41, 5.74) is 9.27. The Morgan fingerprint density at radius 1 is 1.17 bits per heavy atom. The van der Waals surface area contributed by atoms with Crippen molar-refractivity contribution in [1.29, 1.82) is 0 Å². The Labute approximate surface area is 178 Å². The third kappa shape index (κ3) is 3.95. The summed E-state index contributed by atoms with van der Waals surface area (Å²) in [6.07, 6.45) is 4.88. The number of nitrogens with one attached hydrogen (secondary N) is 1. The molecule has 8 heteroatoms. The number of pyridine rings is 2. The van der Waals surface area contributed by atoms with E-state index >= 15 is 0 Å². The summed E-state index contributed by atoms with van der Waals surface area (Å²) in [6, 6.07) is 6.55. The second-order valence-corrected chi connectivity index (χ2v) is 7.67. The molecule has 0 aliphatic carbocycles. The van der Waals surface area contributed by atoms with Gasteiger partial charge in [-0.25, -0.2) is 14.4 Å². The molecule has 4 rings (SSSR count). The van der Waals surface area contributed by atoms with Gasteiger partial charge in [-0.1, -0.05) is 23.2 Å². The zero-order chi connectivity index (χ0) is 20.5. The van der Waals surface area contributed by atoms with Gasteiger partial charge in [0.2, 0.25) is 0 Å². The largest absolute Gasteiger partial charge is 0.482 e. The van der Waals surface area contributed by atoms with Gasteiger partial charge in [-0.15, -0.1) is 0 Å². The van der Waals surface area contributed by atoms with Crippen LogP contribution < -0.4 is 15.8 Å². The molecular formula is C21H19Cl2FN4O. The molecule has 5 nitrogen and oxygen atoms in total. The minimum atomic E-state index is -0.629. The van der Waals surface area contributed by atoms with Crippen molar-refractivity contribution in [3.8, 4) is 16.9 Å². The van der Waals surface area contributed by atoms with Crippen molar-refractivity contribution in [3.63, 3.8) is 0 Å². The first kappa shape index (κ1) is 19.7. The standard InChI is InChI=1S/C21H19Cl2FN4O/c1-11(18-15(22)4-5-16(24)19(18)23)29-17-8-14(9-27-20(17)25)13-7-12-3-2-6-26-21(12)28-10-13/h4-5,7-11H,2-3,6H2,1H3,(H2,25,27)(H,26,28). The first-order valence-corrected chi connectivity index (χ1v) is 9.98. The molecule has 0 radical (unpaired) electrons. The van der Waals surface area contributed by atoms with Crippen LogP contribution in [0.2, 0.25) is 10.0 Å². The van der Waals surface area contributed by atoms with E-state index in [1.807, 2.05) is 0 Å². The van der Waals surface area contributed by atoms with Crippen molar-refractivity contribution in [2.75, 3.05) is 17.6 Å². The van der Waals surface area contributed by atoms with Gasteiger partial charge < -0.3 is 15.8 Å². The Morgan fingerprint density at radius 2 is 1.93 bits per heavy atom. The van der Waals surface area contributed by atoms with E-state index in [-0.39, 0.29) is 10.8 Å². The van der Waals surface area contributed by atoms with Crippen LogP contribution in [0, 0.1) is 5.82 Å². The topological polar surface area (TPSA) is 73.1 Å². The van der Waals surface area contributed by atoms with Crippen LogP contribution in [-0.2, 0) is 6.42 Å². The highest BCUT2D eigenvalue weighted by molar-refractivity contribution is 6.36. The molecule has 1 aliphatic heterocycles. The molecule has 3 N–H and O–H groups in total. The lowest BCUT2D eigenvalue weighted by Crippen LogP contribution is -2.13. The molecule has 150 valence electrons. The van der Waals surface area contributed by atoms with E-state index in [2.05, 4.69) is 21.4 Å². The number of hydrogen-bond acceptors (Lipinski definition) is 5. The van der Waals surface area contributed by atoms with Gasteiger partial charge in [0.25, 0.3) is 0 Å². The monoisotopic (exact) mass is 432 g/mol. The molecule has 1 aliphatic rings. The number of anilines is 2. The molecule has 0 saturated carbocycles. The number of aromatic nitrogens is 2. The average molecular weight is 433 g/mol. The molecule has 3 heterocycles. The van der Waals surface area contributed by atoms with Gasteiger partial charge in [0.05, 0.1) is 5.02 Å². The summed E-state index contributed by atoms with van der Waals surface area (Å²) in [5.74, 6) is 0.943. The Kier molecular flexibility index (Phi) is 5.48. The highest BCUT2D eigenvalue weighted by Gasteiger charge is 2.20. The Balaban J connectivity index is 1.65. The quantitative estimate of drug-likeness (QED) is 0.519. The van der Waals surface area contributed by atoms with Gasteiger partial charge in [0.1, 0.15) is 17.7 Å². The molecule has 1 atom stereocenters. The van der Waals surface area contributed by atoms with Gasteiger partial charge in [-0.2, -0.15) is 0 Å². The van der Waals surface area contributed by atoms with Gasteiger partial charge in [0, 0.05) is 40.7 Å². The number of nitrogen functional groups attached to an aromatic ring is 1. The number of fused-ring (bicyclic) bond motifs is 1. The number of halogens is 3. The van der Waals surface area contributed by atoms with Crippen LogP contribution in [0.25, 0.3) is 11.1 Å². The number of aryl methyl sites for hydroxylation is 1. The lowest BCUT2D eigenvalue weighted by Gasteiger charge is -2.20. The molecule has 1 aromatic carbocycles. The summed E-state index contributed by atoms with van der Waals surface area (Å²) in [5, 5.41) is 3.54. The van der Waals surface area contributed by atoms with Crippen LogP contribution >= 0.6 is 23.2 Å². The van der Waals surface area contributed by atoms with Crippen molar-refractivity contribution in [2.45, 2.75) is 25.9 Å². The average Bonchev–Trinajstić information content (AvgIpc) is 2.72. The van der Waals surface area contributed by atoms with Crippen LogP contribution in [0.3, 0.4) is 0 Å². The summed E-state index contributed by atoms with van der Waals surface area (Å²) < 4.78 is 19.8. The van der Waals surface area contributed by atoms with Crippen LogP contribution in [-0.4, -0.2) is 16.5 Å². The van der Waals surface area contributed by atoms with Crippen molar-refractivity contribution < 1.29 is 9.13 Å². The highest BCUT2D eigenvalue weighted by atomic mass is 35.5. The van der Waals surface area contributed by atoms with Crippen molar-refractivity contribution >= 4 is 34.8 Å². The lowest BCUT2D eigenvalue weighted by atomic mass is 10.0. The SMILES string of the molecule is CC(Oc1cc(-c2cnc3c(c2)CCCN3)cnc1N)c1c(Cl)ccc(F)c1Cl. The van der Waals surface area contributed by atoms with Crippen LogP contribution in [0.15, 0.2) is 36.7 Å². The van der Waals surface area contributed by atoms with E-state index in [1.165, 1.54) is 17.7 Å². The molecule has 1 unspecified atom stereocenters. The summed E-state index contributed by atoms with van der Waals surface area (Å²) in [7, 11) is 0. The van der Waals surface area contributed by atoms with Crippen molar-refractivity contribution in [1.82, 2.24) is 9.97 Å².